The predicted octanol–water partition coefficient (Wildman–Crippen LogP) is 6.65. The van der Waals surface area contributed by atoms with Crippen LogP contribution in [0.25, 0.3) is 0 Å². The minimum Gasteiger partial charge on any atom is -0.462 e. The lowest BCUT2D eigenvalue weighted by molar-refractivity contribution is -0.161. The Balaban J connectivity index is 1.47. The lowest BCUT2D eigenvalue weighted by Gasteiger charge is -2.59. The molecule has 4 rings (SSSR count). The Kier molecular flexibility index (Phi) is 6.21. The number of ether oxygens (including phenoxy) is 1. The van der Waals surface area contributed by atoms with E-state index >= 15 is 0 Å². The largest absolute Gasteiger partial charge is 0.462 e. The molecule has 0 aromatic heterocycles. The Bertz CT molecular complexity index is 709. The second-order valence-corrected chi connectivity index (χ2v) is 11.4. The molecule has 4 aliphatic carbocycles. The van der Waals surface area contributed by atoms with Gasteiger partial charge in [0.25, 0.3) is 0 Å². The van der Waals surface area contributed by atoms with E-state index in [0.29, 0.717) is 35.9 Å². The molecule has 3 saturated carbocycles. The molecule has 3 fully saturated rings. The zero-order valence-corrected chi connectivity index (χ0v) is 19.7. The zero-order chi connectivity index (χ0) is 21.5. The van der Waals surface area contributed by atoms with Gasteiger partial charge in [0, 0.05) is 18.3 Å². The zero-order valence-electron chi connectivity index (χ0n) is 19.7. The molecular weight excluding hydrogens is 372 g/mol. The van der Waals surface area contributed by atoms with E-state index in [9.17, 15) is 9.59 Å². The second-order valence-electron chi connectivity index (χ2n) is 11.4. The summed E-state index contributed by atoms with van der Waals surface area (Å²) in [6.45, 7) is 9.47. The monoisotopic (exact) mass is 414 g/mol. The van der Waals surface area contributed by atoms with E-state index in [1.807, 2.05) is 6.08 Å². The van der Waals surface area contributed by atoms with E-state index in [4.69, 9.17) is 4.74 Å². The average Bonchev–Trinajstić information content (AvgIpc) is 3.03. The van der Waals surface area contributed by atoms with Gasteiger partial charge in [-0.05, 0) is 80.1 Å². The summed E-state index contributed by atoms with van der Waals surface area (Å²) in [6.07, 6.45) is 14.6. The molecule has 0 aromatic rings. The normalized spacial score (nSPS) is 42.7. The van der Waals surface area contributed by atoms with Crippen LogP contribution in [0.15, 0.2) is 11.6 Å². The molecule has 0 spiro atoms. The quantitative estimate of drug-likeness (QED) is 0.361. The summed E-state index contributed by atoms with van der Waals surface area (Å²) >= 11 is 0. The first-order valence-corrected chi connectivity index (χ1v) is 12.7. The van der Waals surface area contributed by atoms with Gasteiger partial charge in [-0.15, -0.1) is 0 Å². The van der Waals surface area contributed by atoms with Crippen LogP contribution in [-0.2, 0) is 14.3 Å². The standard InChI is InChI=1S/C27H42O3/c1-5-6-7-8-9-24(29)30-23-11-10-21-25-18(2)16-19-17-20(28)12-14-26(19,3)22(25)13-15-27(21,23)4/h17-18,21-23,25H,5-16H2,1-4H3/t18-,21?,22?,23-,25?,26-,27-/m0/s1. The van der Waals surface area contributed by atoms with Crippen LogP contribution in [0.1, 0.15) is 105 Å². The Morgan fingerprint density at radius 2 is 1.90 bits per heavy atom. The number of unbranched alkanes of at least 4 members (excludes halogenated alkanes) is 3. The van der Waals surface area contributed by atoms with Crippen molar-refractivity contribution in [2.24, 2.45) is 34.5 Å². The van der Waals surface area contributed by atoms with Gasteiger partial charge >= 0.3 is 5.97 Å². The number of carbonyl (C=O) groups is 2. The summed E-state index contributed by atoms with van der Waals surface area (Å²) in [4.78, 5) is 24.6. The molecule has 0 aromatic carbocycles. The van der Waals surface area contributed by atoms with Crippen LogP contribution in [0.5, 0.6) is 0 Å². The second kappa shape index (κ2) is 8.43. The maximum absolute atomic E-state index is 12.5. The van der Waals surface area contributed by atoms with Crippen molar-refractivity contribution in [3.63, 3.8) is 0 Å². The molecular formula is C27H42O3. The van der Waals surface area contributed by atoms with Crippen LogP contribution in [0, 0.1) is 34.5 Å². The number of rotatable bonds is 6. The van der Waals surface area contributed by atoms with Crippen molar-refractivity contribution in [3.05, 3.63) is 11.6 Å². The van der Waals surface area contributed by atoms with E-state index in [-0.39, 0.29) is 22.9 Å². The fourth-order valence-electron chi connectivity index (χ4n) is 7.96. The molecule has 7 atom stereocenters. The van der Waals surface area contributed by atoms with Crippen LogP contribution in [0.4, 0.5) is 0 Å². The van der Waals surface area contributed by atoms with Gasteiger partial charge in [0.1, 0.15) is 6.10 Å². The third kappa shape index (κ3) is 3.69. The summed E-state index contributed by atoms with van der Waals surface area (Å²) in [5, 5.41) is 0. The Labute approximate surface area is 183 Å². The summed E-state index contributed by atoms with van der Waals surface area (Å²) in [6, 6.07) is 0. The summed E-state index contributed by atoms with van der Waals surface area (Å²) in [5.74, 6) is 3.02. The highest BCUT2D eigenvalue weighted by Crippen LogP contribution is 2.66. The van der Waals surface area contributed by atoms with Gasteiger partial charge in [-0.3, -0.25) is 9.59 Å². The van der Waals surface area contributed by atoms with E-state index in [1.54, 1.807) is 0 Å². The Morgan fingerprint density at radius 1 is 1.10 bits per heavy atom. The minimum absolute atomic E-state index is 0.0276. The average molecular weight is 415 g/mol. The van der Waals surface area contributed by atoms with Crippen LogP contribution < -0.4 is 0 Å². The summed E-state index contributed by atoms with van der Waals surface area (Å²) < 4.78 is 6.13. The fourth-order valence-corrected chi connectivity index (χ4v) is 7.96. The molecule has 0 saturated heterocycles. The van der Waals surface area contributed by atoms with Gasteiger partial charge in [0.2, 0.25) is 0 Å². The van der Waals surface area contributed by atoms with Gasteiger partial charge in [-0.2, -0.15) is 0 Å². The van der Waals surface area contributed by atoms with Crippen LogP contribution in [-0.4, -0.2) is 17.9 Å². The summed E-state index contributed by atoms with van der Waals surface area (Å²) in [5.41, 5.74) is 1.78. The SMILES string of the molecule is CCCCCCC(=O)O[C@H]1CCC2C3C(CC[C@@]21C)[C@@]1(C)CCC(=O)C=C1C[C@@H]3C. The molecule has 168 valence electrons. The fraction of sp³-hybridized carbons (Fsp3) is 0.852. The van der Waals surface area contributed by atoms with E-state index in [2.05, 4.69) is 27.7 Å². The lowest BCUT2D eigenvalue weighted by atomic mass is 9.45. The van der Waals surface area contributed by atoms with Crippen LogP contribution in [0.3, 0.4) is 0 Å². The lowest BCUT2D eigenvalue weighted by Crippen LogP contribution is -2.54. The Morgan fingerprint density at radius 3 is 2.67 bits per heavy atom. The van der Waals surface area contributed by atoms with Gasteiger partial charge < -0.3 is 4.74 Å². The van der Waals surface area contributed by atoms with Gasteiger partial charge in [0.05, 0.1) is 0 Å². The number of carbonyl (C=O) groups excluding carboxylic acids is 2. The van der Waals surface area contributed by atoms with E-state index in [0.717, 1.165) is 44.9 Å². The molecule has 0 radical (unpaired) electrons. The number of hydrogen-bond acceptors (Lipinski definition) is 3. The van der Waals surface area contributed by atoms with Crippen molar-refractivity contribution in [3.8, 4) is 0 Å². The van der Waals surface area contributed by atoms with Crippen LogP contribution >= 0.6 is 0 Å². The van der Waals surface area contributed by atoms with Crippen molar-refractivity contribution in [2.75, 3.05) is 0 Å². The molecule has 0 heterocycles. The highest BCUT2D eigenvalue weighted by atomic mass is 16.5. The van der Waals surface area contributed by atoms with Crippen molar-refractivity contribution in [1.29, 1.82) is 0 Å². The maximum atomic E-state index is 12.5. The number of allylic oxidation sites excluding steroid dienone is 1. The van der Waals surface area contributed by atoms with Crippen LogP contribution in [0.2, 0.25) is 0 Å². The Hall–Kier alpha value is -1.12. The smallest absolute Gasteiger partial charge is 0.306 e. The highest BCUT2D eigenvalue weighted by Gasteiger charge is 2.61. The van der Waals surface area contributed by atoms with E-state index in [1.165, 1.54) is 31.3 Å². The molecule has 0 bridgehead atoms. The minimum atomic E-state index is 0.0276. The molecule has 0 amide bonds. The first kappa shape index (κ1) is 22.1. The van der Waals surface area contributed by atoms with Gasteiger partial charge in [-0.1, -0.05) is 52.5 Å². The first-order valence-electron chi connectivity index (χ1n) is 12.7. The molecule has 0 aliphatic heterocycles. The highest BCUT2D eigenvalue weighted by molar-refractivity contribution is 5.91. The van der Waals surface area contributed by atoms with E-state index < -0.39 is 0 Å². The summed E-state index contributed by atoms with van der Waals surface area (Å²) in [7, 11) is 0. The molecule has 3 nitrogen and oxygen atoms in total. The third-order valence-electron chi connectivity index (χ3n) is 9.73. The topological polar surface area (TPSA) is 43.4 Å². The number of hydrogen-bond donors (Lipinski definition) is 0. The molecule has 0 N–H and O–H groups in total. The maximum Gasteiger partial charge on any atom is 0.306 e. The molecule has 3 heteroatoms. The van der Waals surface area contributed by atoms with Crippen molar-refractivity contribution in [1.82, 2.24) is 0 Å². The number of esters is 1. The van der Waals surface area contributed by atoms with Crippen molar-refractivity contribution < 1.29 is 14.3 Å². The van der Waals surface area contributed by atoms with Crippen molar-refractivity contribution in [2.45, 2.75) is 111 Å². The van der Waals surface area contributed by atoms with Gasteiger partial charge in [-0.25, -0.2) is 0 Å². The first-order chi connectivity index (χ1) is 14.3. The molecule has 30 heavy (non-hydrogen) atoms. The molecule has 3 unspecified atom stereocenters. The predicted molar refractivity (Wildman–Crippen MR) is 120 cm³/mol. The molecule has 4 aliphatic rings. The van der Waals surface area contributed by atoms with Crippen molar-refractivity contribution >= 4 is 11.8 Å². The third-order valence-corrected chi connectivity index (χ3v) is 9.73. The van der Waals surface area contributed by atoms with Gasteiger partial charge in [0.15, 0.2) is 5.78 Å². The number of ketones is 1. The number of fused-ring (bicyclic) bond motifs is 5.